The second-order valence-corrected chi connectivity index (χ2v) is 7.85. The number of rotatable bonds is 8. The van der Waals surface area contributed by atoms with Crippen molar-refractivity contribution >= 4 is 23.4 Å². The molecule has 0 saturated carbocycles. The Kier molecular flexibility index (Phi) is 6.37. The second-order valence-electron chi connectivity index (χ2n) is 6.90. The lowest BCUT2D eigenvalue weighted by Gasteiger charge is -2.10. The molecule has 0 saturated heterocycles. The minimum absolute atomic E-state index is 0.104. The van der Waals surface area contributed by atoms with E-state index in [1.807, 2.05) is 72.2 Å². The Morgan fingerprint density at radius 2 is 1.87 bits per heavy atom. The van der Waals surface area contributed by atoms with Crippen molar-refractivity contribution in [2.24, 2.45) is 0 Å². The maximum Gasteiger partial charge on any atom is 0.234 e. The van der Waals surface area contributed by atoms with Crippen molar-refractivity contribution in [3.8, 4) is 17.1 Å². The maximum atomic E-state index is 12.4. The average molecular weight is 435 g/mol. The van der Waals surface area contributed by atoms with Crippen LogP contribution in [0, 0.1) is 6.92 Å². The molecule has 0 radical (unpaired) electrons. The first-order valence-corrected chi connectivity index (χ1v) is 10.7. The zero-order valence-electron chi connectivity index (χ0n) is 17.2. The molecular formula is C23H22N4O3S. The fourth-order valence-corrected chi connectivity index (χ4v) is 3.75. The summed E-state index contributed by atoms with van der Waals surface area (Å²) in [7, 11) is 1.63. The molecule has 2 heterocycles. The van der Waals surface area contributed by atoms with Gasteiger partial charge in [0.25, 0.3) is 0 Å². The van der Waals surface area contributed by atoms with Crippen LogP contribution in [0.1, 0.15) is 11.3 Å². The molecule has 7 nitrogen and oxygen atoms in total. The van der Waals surface area contributed by atoms with Gasteiger partial charge in [-0.1, -0.05) is 29.5 Å². The number of amides is 1. The number of methoxy groups -OCH3 is 1. The number of hydrogen-bond donors (Lipinski definition) is 1. The summed E-state index contributed by atoms with van der Waals surface area (Å²) in [5, 5.41) is 12.2. The van der Waals surface area contributed by atoms with Gasteiger partial charge in [0.05, 0.1) is 25.7 Å². The number of carbonyl (C=O) groups excluding carboxylic acids is 1. The van der Waals surface area contributed by atoms with E-state index in [1.54, 1.807) is 13.4 Å². The standard InChI is InChI=1S/C23H22N4O3S/c1-16-5-9-18(10-6-16)24-21(28)15-31-23-26-25-22(17-7-11-19(29-2)12-8-17)27(23)14-20-4-3-13-30-20/h3-13H,14-15H2,1-2H3,(H,24,28). The van der Waals surface area contributed by atoms with Crippen molar-refractivity contribution in [1.29, 1.82) is 0 Å². The summed E-state index contributed by atoms with van der Waals surface area (Å²) in [5.41, 5.74) is 2.81. The van der Waals surface area contributed by atoms with Gasteiger partial charge in [-0.2, -0.15) is 0 Å². The fraction of sp³-hybridized carbons (Fsp3) is 0.174. The minimum atomic E-state index is -0.104. The highest BCUT2D eigenvalue weighted by Gasteiger charge is 2.17. The number of aromatic nitrogens is 3. The van der Waals surface area contributed by atoms with Gasteiger partial charge in [-0.05, 0) is 55.5 Å². The van der Waals surface area contributed by atoms with Crippen LogP contribution >= 0.6 is 11.8 Å². The van der Waals surface area contributed by atoms with E-state index in [1.165, 1.54) is 11.8 Å². The largest absolute Gasteiger partial charge is 0.497 e. The van der Waals surface area contributed by atoms with E-state index >= 15 is 0 Å². The molecule has 2 aromatic carbocycles. The molecule has 0 aliphatic rings. The number of anilines is 1. The van der Waals surface area contributed by atoms with Gasteiger partial charge in [0.2, 0.25) is 5.91 Å². The van der Waals surface area contributed by atoms with E-state index in [0.29, 0.717) is 17.5 Å². The van der Waals surface area contributed by atoms with Crippen LogP contribution in [0.4, 0.5) is 5.69 Å². The number of nitrogens with zero attached hydrogens (tertiary/aromatic N) is 3. The Balaban J connectivity index is 1.52. The van der Waals surface area contributed by atoms with Crippen molar-refractivity contribution in [2.75, 3.05) is 18.2 Å². The molecular weight excluding hydrogens is 412 g/mol. The fourth-order valence-electron chi connectivity index (χ4n) is 3.01. The van der Waals surface area contributed by atoms with Crippen LogP contribution in [0.5, 0.6) is 5.75 Å². The van der Waals surface area contributed by atoms with Gasteiger partial charge in [0.15, 0.2) is 11.0 Å². The van der Waals surface area contributed by atoms with Crippen molar-refractivity contribution < 1.29 is 13.9 Å². The van der Waals surface area contributed by atoms with Gasteiger partial charge >= 0.3 is 0 Å². The number of benzene rings is 2. The van der Waals surface area contributed by atoms with Crippen molar-refractivity contribution in [2.45, 2.75) is 18.6 Å². The lowest BCUT2D eigenvalue weighted by atomic mass is 10.2. The third-order valence-electron chi connectivity index (χ3n) is 4.63. The first-order valence-electron chi connectivity index (χ1n) is 9.71. The number of ether oxygens (including phenoxy) is 1. The highest BCUT2D eigenvalue weighted by molar-refractivity contribution is 7.99. The first kappa shape index (κ1) is 20.7. The molecule has 0 aliphatic carbocycles. The highest BCUT2D eigenvalue weighted by Crippen LogP contribution is 2.27. The third kappa shape index (κ3) is 5.16. The molecule has 0 aliphatic heterocycles. The molecule has 0 bridgehead atoms. The smallest absolute Gasteiger partial charge is 0.234 e. The number of aryl methyl sites for hydroxylation is 1. The monoisotopic (exact) mass is 434 g/mol. The number of hydrogen-bond acceptors (Lipinski definition) is 6. The van der Waals surface area contributed by atoms with Gasteiger partial charge in [-0.25, -0.2) is 0 Å². The van der Waals surface area contributed by atoms with E-state index < -0.39 is 0 Å². The van der Waals surface area contributed by atoms with E-state index in [4.69, 9.17) is 9.15 Å². The summed E-state index contributed by atoms with van der Waals surface area (Å²) < 4.78 is 12.7. The summed E-state index contributed by atoms with van der Waals surface area (Å²) in [4.78, 5) is 12.4. The Labute approximate surface area is 184 Å². The summed E-state index contributed by atoms with van der Waals surface area (Å²) in [6.45, 7) is 2.47. The Morgan fingerprint density at radius 3 is 2.55 bits per heavy atom. The number of furan rings is 1. The van der Waals surface area contributed by atoms with Gasteiger partial charge in [-0.15, -0.1) is 10.2 Å². The summed E-state index contributed by atoms with van der Waals surface area (Å²) in [5.74, 6) is 2.35. The zero-order chi connectivity index (χ0) is 21.6. The van der Waals surface area contributed by atoms with Gasteiger partial charge < -0.3 is 14.5 Å². The van der Waals surface area contributed by atoms with Crippen molar-refractivity contribution in [1.82, 2.24) is 14.8 Å². The highest BCUT2D eigenvalue weighted by atomic mass is 32.2. The molecule has 1 amide bonds. The molecule has 31 heavy (non-hydrogen) atoms. The Hall–Kier alpha value is -3.52. The second kappa shape index (κ2) is 9.53. The molecule has 0 atom stereocenters. The maximum absolute atomic E-state index is 12.4. The number of thioether (sulfide) groups is 1. The molecule has 4 aromatic rings. The summed E-state index contributed by atoms with van der Waals surface area (Å²) >= 11 is 1.33. The first-order chi connectivity index (χ1) is 15.1. The Morgan fingerprint density at radius 1 is 1.10 bits per heavy atom. The molecule has 158 valence electrons. The lowest BCUT2D eigenvalue weighted by molar-refractivity contribution is -0.113. The van der Waals surface area contributed by atoms with Crippen LogP contribution in [0.2, 0.25) is 0 Å². The normalized spacial score (nSPS) is 10.8. The van der Waals surface area contributed by atoms with Gasteiger partial charge in [0, 0.05) is 11.3 Å². The predicted octanol–water partition coefficient (Wildman–Crippen LogP) is 4.63. The van der Waals surface area contributed by atoms with E-state index in [0.717, 1.165) is 28.3 Å². The molecule has 1 N–H and O–H groups in total. The minimum Gasteiger partial charge on any atom is -0.497 e. The van der Waals surface area contributed by atoms with E-state index in [-0.39, 0.29) is 11.7 Å². The van der Waals surface area contributed by atoms with Crippen LogP contribution in [0.3, 0.4) is 0 Å². The van der Waals surface area contributed by atoms with Crippen LogP contribution in [-0.2, 0) is 11.3 Å². The predicted molar refractivity (Wildman–Crippen MR) is 120 cm³/mol. The van der Waals surface area contributed by atoms with Crippen molar-refractivity contribution in [3.05, 3.63) is 78.3 Å². The number of nitrogens with one attached hydrogen (secondary N) is 1. The topological polar surface area (TPSA) is 82.2 Å². The molecule has 0 fully saturated rings. The molecule has 0 unspecified atom stereocenters. The van der Waals surface area contributed by atoms with E-state index in [9.17, 15) is 4.79 Å². The molecule has 2 aromatic heterocycles. The van der Waals surface area contributed by atoms with Crippen LogP contribution in [0.15, 0.2) is 76.5 Å². The average Bonchev–Trinajstić information content (AvgIpc) is 3.44. The summed E-state index contributed by atoms with van der Waals surface area (Å²) in [6, 6.07) is 19.1. The molecule has 8 heteroatoms. The van der Waals surface area contributed by atoms with Crippen LogP contribution < -0.4 is 10.1 Å². The summed E-state index contributed by atoms with van der Waals surface area (Å²) in [6.07, 6.45) is 1.63. The lowest BCUT2D eigenvalue weighted by Crippen LogP contribution is -2.14. The van der Waals surface area contributed by atoms with Gasteiger partial charge in [0.1, 0.15) is 11.5 Å². The molecule has 0 spiro atoms. The Bertz CT molecular complexity index is 1140. The van der Waals surface area contributed by atoms with Gasteiger partial charge in [-0.3, -0.25) is 9.36 Å². The third-order valence-corrected chi connectivity index (χ3v) is 5.59. The van der Waals surface area contributed by atoms with Crippen LogP contribution in [-0.4, -0.2) is 33.5 Å². The molecule has 4 rings (SSSR count). The van der Waals surface area contributed by atoms with Crippen LogP contribution in [0.25, 0.3) is 11.4 Å². The zero-order valence-corrected chi connectivity index (χ0v) is 18.1. The number of carbonyl (C=O) groups is 1. The van der Waals surface area contributed by atoms with Crippen molar-refractivity contribution in [3.63, 3.8) is 0 Å². The van der Waals surface area contributed by atoms with E-state index in [2.05, 4.69) is 15.5 Å². The quantitative estimate of drug-likeness (QED) is 0.407. The SMILES string of the molecule is COc1ccc(-c2nnc(SCC(=O)Nc3ccc(C)cc3)n2Cc2ccco2)cc1.